The topological polar surface area (TPSA) is 46.2 Å². The summed E-state index contributed by atoms with van der Waals surface area (Å²) in [4.78, 5) is 0. The van der Waals surface area contributed by atoms with Crippen LogP contribution in [0.3, 0.4) is 0 Å². The molecule has 0 heterocycles. The van der Waals surface area contributed by atoms with Crippen molar-refractivity contribution in [2.45, 2.75) is 62.7 Å². The van der Waals surface area contributed by atoms with E-state index in [1.54, 1.807) is 0 Å². The smallest absolute Gasteiger partial charge is 0.154 e. The standard InChI is InChI=1S/C13H25NO2S/c1-14-12-8-4-5-9-13(12)17(15,16)10-11-6-2-3-7-11/h11-14H,2-10H2,1H3. The maximum atomic E-state index is 12.5. The van der Waals surface area contributed by atoms with Gasteiger partial charge in [0.25, 0.3) is 0 Å². The molecule has 0 aliphatic heterocycles. The molecule has 2 fully saturated rings. The highest BCUT2D eigenvalue weighted by molar-refractivity contribution is 7.92. The summed E-state index contributed by atoms with van der Waals surface area (Å²) < 4.78 is 24.9. The van der Waals surface area contributed by atoms with Crippen LogP contribution in [-0.4, -0.2) is 32.5 Å². The van der Waals surface area contributed by atoms with E-state index < -0.39 is 9.84 Å². The van der Waals surface area contributed by atoms with Gasteiger partial charge in [-0.1, -0.05) is 25.7 Å². The maximum absolute atomic E-state index is 12.5. The summed E-state index contributed by atoms with van der Waals surface area (Å²) in [5.41, 5.74) is 0. The van der Waals surface area contributed by atoms with Gasteiger partial charge in [0.05, 0.1) is 11.0 Å². The van der Waals surface area contributed by atoms with E-state index in [1.807, 2.05) is 7.05 Å². The molecule has 2 saturated carbocycles. The van der Waals surface area contributed by atoms with E-state index in [9.17, 15) is 8.42 Å². The zero-order valence-electron chi connectivity index (χ0n) is 10.8. The summed E-state index contributed by atoms with van der Waals surface area (Å²) in [6.07, 6.45) is 8.81. The number of rotatable bonds is 4. The lowest BCUT2D eigenvalue weighted by molar-refractivity contribution is 0.387. The van der Waals surface area contributed by atoms with Gasteiger partial charge in [-0.15, -0.1) is 0 Å². The van der Waals surface area contributed by atoms with Crippen molar-refractivity contribution in [3.05, 3.63) is 0 Å². The van der Waals surface area contributed by atoms with Crippen molar-refractivity contribution >= 4 is 9.84 Å². The Hall–Kier alpha value is -0.0900. The van der Waals surface area contributed by atoms with Crippen LogP contribution < -0.4 is 5.32 Å². The Labute approximate surface area is 105 Å². The fourth-order valence-electron chi connectivity index (χ4n) is 3.49. The predicted molar refractivity (Wildman–Crippen MR) is 70.8 cm³/mol. The quantitative estimate of drug-likeness (QED) is 0.841. The van der Waals surface area contributed by atoms with Crippen LogP contribution in [0, 0.1) is 5.92 Å². The second kappa shape index (κ2) is 5.70. The van der Waals surface area contributed by atoms with Gasteiger partial charge in [-0.05, 0) is 38.6 Å². The SMILES string of the molecule is CNC1CCCCC1S(=O)(=O)CC1CCCC1. The lowest BCUT2D eigenvalue weighted by Crippen LogP contribution is -2.46. The zero-order chi connectivity index (χ0) is 12.3. The van der Waals surface area contributed by atoms with Crippen molar-refractivity contribution in [2.24, 2.45) is 5.92 Å². The van der Waals surface area contributed by atoms with Crippen LogP contribution in [0.1, 0.15) is 51.4 Å². The second-order valence-corrected chi connectivity index (χ2v) is 7.96. The first-order chi connectivity index (χ1) is 8.13. The molecular weight excluding hydrogens is 234 g/mol. The van der Waals surface area contributed by atoms with Gasteiger partial charge < -0.3 is 5.32 Å². The Bertz CT molecular complexity index is 333. The van der Waals surface area contributed by atoms with Gasteiger partial charge in [0.15, 0.2) is 9.84 Å². The van der Waals surface area contributed by atoms with Gasteiger partial charge in [0, 0.05) is 6.04 Å². The maximum Gasteiger partial charge on any atom is 0.154 e. The third kappa shape index (κ3) is 3.22. The van der Waals surface area contributed by atoms with Gasteiger partial charge in [-0.2, -0.15) is 0 Å². The zero-order valence-corrected chi connectivity index (χ0v) is 11.6. The molecule has 2 rings (SSSR count). The molecule has 2 atom stereocenters. The largest absolute Gasteiger partial charge is 0.316 e. The van der Waals surface area contributed by atoms with Crippen LogP contribution in [0.25, 0.3) is 0 Å². The molecule has 3 nitrogen and oxygen atoms in total. The highest BCUT2D eigenvalue weighted by Crippen LogP contribution is 2.30. The van der Waals surface area contributed by atoms with Crippen LogP contribution in [-0.2, 0) is 9.84 Å². The fourth-order valence-corrected chi connectivity index (χ4v) is 6.02. The van der Waals surface area contributed by atoms with Crippen molar-refractivity contribution in [1.82, 2.24) is 5.32 Å². The lowest BCUT2D eigenvalue weighted by atomic mass is 9.95. The molecule has 1 N–H and O–H groups in total. The minimum Gasteiger partial charge on any atom is -0.316 e. The average molecular weight is 259 g/mol. The van der Waals surface area contributed by atoms with E-state index in [-0.39, 0.29) is 11.3 Å². The molecule has 2 aliphatic carbocycles. The number of hydrogen-bond acceptors (Lipinski definition) is 3. The van der Waals surface area contributed by atoms with Gasteiger partial charge in [-0.25, -0.2) is 8.42 Å². The molecule has 2 aliphatic rings. The molecule has 0 aromatic rings. The van der Waals surface area contributed by atoms with Crippen molar-refractivity contribution in [3.63, 3.8) is 0 Å². The van der Waals surface area contributed by atoms with Crippen molar-refractivity contribution in [3.8, 4) is 0 Å². The predicted octanol–water partition coefficient (Wildman–Crippen LogP) is 2.12. The first kappa shape index (κ1) is 13.3. The van der Waals surface area contributed by atoms with E-state index in [4.69, 9.17) is 0 Å². The van der Waals surface area contributed by atoms with Crippen molar-refractivity contribution in [2.75, 3.05) is 12.8 Å². The van der Waals surface area contributed by atoms with E-state index >= 15 is 0 Å². The van der Waals surface area contributed by atoms with Crippen LogP contribution in [0.2, 0.25) is 0 Å². The Kier molecular flexibility index (Phi) is 4.47. The molecule has 0 spiro atoms. The Morgan fingerprint density at radius 1 is 1.00 bits per heavy atom. The Balaban J connectivity index is 2.01. The molecule has 4 heteroatoms. The molecule has 0 amide bonds. The van der Waals surface area contributed by atoms with Crippen LogP contribution in [0.4, 0.5) is 0 Å². The number of hydrogen-bond donors (Lipinski definition) is 1. The van der Waals surface area contributed by atoms with E-state index in [0.29, 0.717) is 11.7 Å². The van der Waals surface area contributed by atoms with Gasteiger partial charge >= 0.3 is 0 Å². The third-order valence-electron chi connectivity index (χ3n) is 4.48. The minimum absolute atomic E-state index is 0.123. The average Bonchev–Trinajstić information content (AvgIpc) is 2.81. The molecule has 0 bridgehead atoms. The highest BCUT2D eigenvalue weighted by atomic mass is 32.2. The third-order valence-corrected chi connectivity index (χ3v) is 6.90. The Morgan fingerprint density at radius 2 is 1.59 bits per heavy atom. The molecular formula is C13H25NO2S. The molecule has 2 unspecified atom stereocenters. The summed E-state index contributed by atoms with van der Waals surface area (Å²) in [7, 11) is -0.994. The normalized spacial score (nSPS) is 31.8. The molecule has 100 valence electrons. The summed E-state index contributed by atoms with van der Waals surface area (Å²) in [6, 6.07) is 0.190. The monoisotopic (exact) mass is 259 g/mol. The fraction of sp³-hybridized carbons (Fsp3) is 1.00. The van der Waals surface area contributed by atoms with E-state index in [1.165, 1.54) is 19.3 Å². The van der Waals surface area contributed by atoms with Crippen LogP contribution in [0.5, 0.6) is 0 Å². The van der Waals surface area contributed by atoms with E-state index in [2.05, 4.69) is 5.32 Å². The number of sulfone groups is 1. The molecule has 0 saturated heterocycles. The van der Waals surface area contributed by atoms with Crippen LogP contribution in [0.15, 0.2) is 0 Å². The molecule has 0 aromatic carbocycles. The minimum atomic E-state index is -2.89. The summed E-state index contributed by atoms with van der Waals surface area (Å²) in [6.45, 7) is 0. The summed E-state index contributed by atoms with van der Waals surface area (Å²) >= 11 is 0. The van der Waals surface area contributed by atoms with Gasteiger partial charge in [-0.3, -0.25) is 0 Å². The molecule has 0 aromatic heterocycles. The van der Waals surface area contributed by atoms with E-state index in [0.717, 1.165) is 32.1 Å². The Morgan fingerprint density at radius 3 is 2.24 bits per heavy atom. The summed E-state index contributed by atoms with van der Waals surface area (Å²) in [5, 5.41) is 3.08. The van der Waals surface area contributed by atoms with Crippen molar-refractivity contribution in [1.29, 1.82) is 0 Å². The number of nitrogens with one attached hydrogen (secondary N) is 1. The van der Waals surface area contributed by atoms with Crippen molar-refractivity contribution < 1.29 is 8.42 Å². The molecule has 17 heavy (non-hydrogen) atoms. The van der Waals surface area contributed by atoms with Crippen LogP contribution >= 0.6 is 0 Å². The first-order valence-electron chi connectivity index (χ1n) is 7.02. The highest BCUT2D eigenvalue weighted by Gasteiger charge is 2.36. The summed E-state index contributed by atoms with van der Waals surface area (Å²) in [5.74, 6) is 0.884. The second-order valence-electron chi connectivity index (χ2n) is 5.70. The van der Waals surface area contributed by atoms with Gasteiger partial charge in [0.2, 0.25) is 0 Å². The molecule has 0 radical (unpaired) electrons. The lowest BCUT2D eigenvalue weighted by Gasteiger charge is -2.31. The van der Waals surface area contributed by atoms with Gasteiger partial charge in [0.1, 0.15) is 0 Å². The first-order valence-corrected chi connectivity index (χ1v) is 8.74.